The molecular formula is C10H13N3O2. The monoisotopic (exact) mass is 207 g/mol. The van der Waals surface area contributed by atoms with Gasteiger partial charge in [-0.3, -0.25) is 9.59 Å². The smallest absolute Gasteiger partial charge is 0.254 e. The molecular weight excluding hydrogens is 194 g/mol. The first-order chi connectivity index (χ1) is 7.11. The van der Waals surface area contributed by atoms with E-state index in [-0.39, 0.29) is 24.2 Å². The summed E-state index contributed by atoms with van der Waals surface area (Å²) in [5.41, 5.74) is 0.356. The lowest BCUT2D eigenvalue weighted by Crippen LogP contribution is -2.31. The topological polar surface area (TPSA) is 72.0 Å². The summed E-state index contributed by atoms with van der Waals surface area (Å²) in [7, 11) is 0. The van der Waals surface area contributed by atoms with Crippen molar-refractivity contribution in [2.75, 3.05) is 6.54 Å². The van der Waals surface area contributed by atoms with Crippen molar-refractivity contribution < 1.29 is 9.59 Å². The SMILES string of the molecule is CC(C)C(=O)CNC(=O)c1cncnc1. The molecule has 0 aliphatic rings. The average Bonchev–Trinajstić information content (AvgIpc) is 2.26. The Bertz CT molecular complexity index is 349. The highest BCUT2D eigenvalue weighted by atomic mass is 16.2. The second-order valence-corrected chi connectivity index (χ2v) is 3.43. The van der Waals surface area contributed by atoms with Crippen LogP contribution >= 0.6 is 0 Å². The third-order valence-corrected chi connectivity index (χ3v) is 1.89. The highest BCUT2D eigenvalue weighted by Gasteiger charge is 2.10. The molecule has 0 saturated carbocycles. The fourth-order valence-electron chi connectivity index (χ4n) is 0.890. The third-order valence-electron chi connectivity index (χ3n) is 1.89. The summed E-state index contributed by atoms with van der Waals surface area (Å²) in [6, 6.07) is 0. The van der Waals surface area contributed by atoms with Gasteiger partial charge in [0, 0.05) is 18.3 Å². The van der Waals surface area contributed by atoms with Crippen molar-refractivity contribution in [1.29, 1.82) is 0 Å². The molecule has 0 atom stereocenters. The minimum Gasteiger partial charge on any atom is -0.345 e. The number of aromatic nitrogens is 2. The molecule has 1 N–H and O–H groups in total. The van der Waals surface area contributed by atoms with Crippen molar-refractivity contribution in [1.82, 2.24) is 15.3 Å². The standard InChI is InChI=1S/C10H13N3O2/c1-7(2)9(14)5-13-10(15)8-3-11-6-12-4-8/h3-4,6-7H,5H2,1-2H3,(H,13,15). The van der Waals surface area contributed by atoms with Crippen LogP contribution in [0.1, 0.15) is 24.2 Å². The average molecular weight is 207 g/mol. The molecule has 5 heteroatoms. The minimum absolute atomic E-state index is 0.000185. The van der Waals surface area contributed by atoms with Crippen LogP contribution in [0.15, 0.2) is 18.7 Å². The van der Waals surface area contributed by atoms with Gasteiger partial charge in [-0.25, -0.2) is 9.97 Å². The summed E-state index contributed by atoms with van der Waals surface area (Å²) < 4.78 is 0. The van der Waals surface area contributed by atoms with Crippen LogP contribution in [0.5, 0.6) is 0 Å². The normalized spacial score (nSPS) is 10.1. The Morgan fingerprint density at radius 3 is 2.47 bits per heavy atom. The van der Waals surface area contributed by atoms with Gasteiger partial charge in [-0.05, 0) is 0 Å². The summed E-state index contributed by atoms with van der Waals surface area (Å²) in [6.45, 7) is 3.63. The Labute approximate surface area is 87.9 Å². The van der Waals surface area contributed by atoms with Gasteiger partial charge in [0.25, 0.3) is 5.91 Å². The Balaban J connectivity index is 2.48. The maximum Gasteiger partial charge on any atom is 0.254 e. The highest BCUT2D eigenvalue weighted by molar-refractivity contribution is 5.96. The molecule has 1 amide bonds. The van der Waals surface area contributed by atoms with Gasteiger partial charge in [0.15, 0.2) is 5.78 Å². The van der Waals surface area contributed by atoms with Crippen LogP contribution in [0.25, 0.3) is 0 Å². The maximum atomic E-state index is 11.4. The Morgan fingerprint density at radius 1 is 1.33 bits per heavy atom. The van der Waals surface area contributed by atoms with Gasteiger partial charge in [0.2, 0.25) is 0 Å². The van der Waals surface area contributed by atoms with Crippen LogP contribution in [-0.2, 0) is 4.79 Å². The minimum atomic E-state index is -0.329. The molecule has 5 nitrogen and oxygen atoms in total. The zero-order chi connectivity index (χ0) is 11.3. The van der Waals surface area contributed by atoms with Crippen LogP contribution in [0.4, 0.5) is 0 Å². The molecule has 1 rings (SSSR count). The van der Waals surface area contributed by atoms with Crippen molar-refractivity contribution >= 4 is 11.7 Å². The Hall–Kier alpha value is -1.78. The van der Waals surface area contributed by atoms with E-state index in [1.165, 1.54) is 18.7 Å². The molecule has 15 heavy (non-hydrogen) atoms. The summed E-state index contributed by atoms with van der Waals surface area (Å²) in [5, 5.41) is 2.51. The maximum absolute atomic E-state index is 11.4. The molecule has 0 unspecified atom stereocenters. The van der Waals surface area contributed by atoms with E-state index in [0.29, 0.717) is 5.56 Å². The quantitative estimate of drug-likeness (QED) is 0.777. The summed E-state index contributed by atoms with van der Waals surface area (Å²) >= 11 is 0. The number of carbonyl (C=O) groups excluding carboxylic acids is 2. The molecule has 80 valence electrons. The van der Waals surface area contributed by atoms with Crippen LogP contribution in [-0.4, -0.2) is 28.2 Å². The number of carbonyl (C=O) groups is 2. The van der Waals surface area contributed by atoms with Crippen molar-refractivity contribution in [2.45, 2.75) is 13.8 Å². The molecule has 0 aliphatic carbocycles. The van der Waals surface area contributed by atoms with E-state index in [9.17, 15) is 9.59 Å². The molecule has 1 heterocycles. The van der Waals surface area contributed by atoms with E-state index in [4.69, 9.17) is 0 Å². The number of hydrogen-bond donors (Lipinski definition) is 1. The number of nitrogens with one attached hydrogen (secondary N) is 1. The van der Waals surface area contributed by atoms with Gasteiger partial charge in [0.05, 0.1) is 12.1 Å². The molecule has 0 saturated heterocycles. The number of ketones is 1. The van der Waals surface area contributed by atoms with Gasteiger partial charge >= 0.3 is 0 Å². The summed E-state index contributed by atoms with van der Waals surface area (Å²) in [5.74, 6) is -0.401. The lowest BCUT2D eigenvalue weighted by atomic mass is 10.1. The summed E-state index contributed by atoms with van der Waals surface area (Å²) in [4.78, 5) is 30.1. The second-order valence-electron chi connectivity index (χ2n) is 3.43. The largest absolute Gasteiger partial charge is 0.345 e. The van der Waals surface area contributed by atoms with E-state index >= 15 is 0 Å². The number of hydrogen-bond acceptors (Lipinski definition) is 4. The first-order valence-electron chi connectivity index (χ1n) is 4.67. The molecule has 0 bridgehead atoms. The predicted octanol–water partition coefficient (Wildman–Crippen LogP) is 0.431. The molecule has 0 aliphatic heterocycles. The van der Waals surface area contributed by atoms with E-state index in [1.54, 1.807) is 13.8 Å². The van der Waals surface area contributed by atoms with Gasteiger partial charge in [0.1, 0.15) is 6.33 Å². The van der Waals surface area contributed by atoms with Crippen LogP contribution < -0.4 is 5.32 Å². The first-order valence-corrected chi connectivity index (χ1v) is 4.67. The highest BCUT2D eigenvalue weighted by Crippen LogP contribution is 1.95. The van der Waals surface area contributed by atoms with E-state index in [0.717, 1.165) is 0 Å². The van der Waals surface area contributed by atoms with Crippen molar-refractivity contribution in [3.8, 4) is 0 Å². The van der Waals surface area contributed by atoms with Crippen molar-refractivity contribution in [2.24, 2.45) is 5.92 Å². The van der Waals surface area contributed by atoms with E-state index in [2.05, 4.69) is 15.3 Å². The second kappa shape index (κ2) is 5.19. The molecule has 0 spiro atoms. The third kappa shape index (κ3) is 3.46. The van der Waals surface area contributed by atoms with E-state index < -0.39 is 0 Å². The predicted molar refractivity (Wildman–Crippen MR) is 54.2 cm³/mol. The van der Waals surface area contributed by atoms with Gasteiger partial charge in [-0.1, -0.05) is 13.8 Å². The molecule has 0 aromatic carbocycles. The van der Waals surface area contributed by atoms with Crippen LogP contribution in [0, 0.1) is 5.92 Å². The van der Waals surface area contributed by atoms with E-state index in [1.807, 2.05) is 0 Å². The van der Waals surface area contributed by atoms with Gasteiger partial charge < -0.3 is 5.32 Å². The Kier molecular flexibility index (Phi) is 3.91. The lowest BCUT2D eigenvalue weighted by Gasteiger charge is -2.05. The zero-order valence-electron chi connectivity index (χ0n) is 8.73. The lowest BCUT2D eigenvalue weighted by molar-refractivity contribution is -0.120. The summed E-state index contributed by atoms with van der Waals surface area (Å²) in [6.07, 6.45) is 4.15. The fourth-order valence-corrected chi connectivity index (χ4v) is 0.890. The fraction of sp³-hybridized carbons (Fsp3) is 0.400. The van der Waals surface area contributed by atoms with Gasteiger partial charge in [-0.2, -0.15) is 0 Å². The number of Topliss-reactive ketones (excluding diaryl/α,β-unsaturated/α-hetero) is 1. The van der Waals surface area contributed by atoms with Crippen molar-refractivity contribution in [3.05, 3.63) is 24.3 Å². The molecule has 0 radical (unpaired) electrons. The number of rotatable bonds is 4. The van der Waals surface area contributed by atoms with Crippen LogP contribution in [0.2, 0.25) is 0 Å². The molecule has 1 aromatic rings. The Morgan fingerprint density at radius 2 is 1.93 bits per heavy atom. The van der Waals surface area contributed by atoms with Crippen molar-refractivity contribution in [3.63, 3.8) is 0 Å². The zero-order valence-corrected chi connectivity index (χ0v) is 8.73. The molecule has 1 aromatic heterocycles. The number of nitrogens with zero attached hydrogens (tertiary/aromatic N) is 2. The number of amides is 1. The van der Waals surface area contributed by atoms with Crippen LogP contribution in [0.3, 0.4) is 0 Å². The van der Waals surface area contributed by atoms with Gasteiger partial charge in [-0.15, -0.1) is 0 Å². The molecule has 0 fully saturated rings. The first kappa shape index (κ1) is 11.3.